The van der Waals surface area contributed by atoms with Gasteiger partial charge in [0.15, 0.2) is 0 Å². The molecule has 0 N–H and O–H groups in total. The Kier molecular flexibility index (Phi) is 4.75. The molecule has 1 aliphatic rings. The Bertz CT molecular complexity index is 515. The second-order valence-electron chi connectivity index (χ2n) is 4.51. The molecule has 6 heteroatoms. The SMILES string of the molecule is CCOC(=O)C1CCCN1C(=O)c1c(F)cccc1Br. The minimum Gasteiger partial charge on any atom is -0.464 e. The van der Waals surface area contributed by atoms with E-state index in [1.807, 2.05) is 0 Å². The Morgan fingerprint density at radius 1 is 1.50 bits per heavy atom. The van der Waals surface area contributed by atoms with Crippen molar-refractivity contribution >= 4 is 27.8 Å². The van der Waals surface area contributed by atoms with Gasteiger partial charge in [-0.15, -0.1) is 0 Å². The Balaban J connectivity index is 2.26. The maximum absolute atomic E-state index is 13.8. The molecule has 0 aliphatic carbocycles. The van der Waals surface area contributed by atoms with Crippen LogP contribution in [0.15, 0.2) is 22.7 Å². The number of hydrogen-bond donors (Lipinski definition) is 0. The predicted molar refractivity (Wildman–Crippen MR) is 74.8 cm³/mol. The quantitative estimate of drug-likeness (QED) is 0.793. The highest BCUT2D eigenvalue weighted by atomic mass is 79.9. The van der Waals surface area contributed by atoms with Crippen molar-refractivity contribution in [1.29, 1.82) is 0 Å². The van der Waals surface area contributed by atoms with Gasteiger partial charge in [-0.05, 0) is 47.8 Å². The molecule has 0 saturated carbocycles. The highest BCUT2D eigenvalue weighted by Gasteiger charge is 2.36. The van der Waals surface area contributed by atoms with Gasteiger partial charge in [-0.1, -0.05) is 6.07 Å². The second kappa shape index (κ2) is 6.35. The van der Waals surface area contributed by atoms with Crippen LogP contribution in [0, 0.1) is 5.82 Å². The zero-order valence-corrected chi connectivity index (χ0v) is 12.7. The molecule has 0 radical (unpaired) electrons. The van der Waals surface area contributed by atoms with Gasteiger partial charge in [0.2, 0.25) is 0 Å². The van der Waals surface area contributed by atoms with Gasteiger partial charge in [0.1, 0.15) is 11.9 Å². The standard InChI is InChI=1S/C14H15BrFNO3/c1-2-20-14(19)11-7-4-8-17(11)13(18)12-9(15)5-3-6-10(12)16/h3,5-6,11H,2,4,7-8H2,1H3. The van der Waals surface area contributed by atoms with Crippen LogP contribution < -0.4 is 0 Å². The summed E-state index contributed by atoms with van der Waals surface area (Å²) in [5.74, 6) is -1.50. The number of amides is 1. The van der Waals surface area contributed by atoms with E-state index in [0.29, 0.717) is 23.9 Å². The van der Waals surface area contributed by atoms with Crippen molar-refractivity contribution in [1.82, 2.24) is 4.90 Å². The first kappa shape index (κ1) is 15.0. The number of nitrogens with zero attached hydrogens (tertiary/aromatic N) is 1. The minimum absolute atomic E-state index is 0.0382. The zero-order chi connectivity index (χ0) is 14.7. The van der Waals surface area contributed by atoms with Crippen LogP contribution in [-0.2, 0) is 9.53 Å². The van der Waals surface area contributed by atoms with Gasteiger partial charge in [0, 0.05) is 11.0 Å². The Morgan fingerprint density at radius 2 is 2.25 bits per heavy atom. The van der Waals surface area contributed by atoms with Crippen LogP contribution in [0.5, 0.6) is 0 Å². The summed E-state index contributed by atoms with van der Waals surface area (Å²) in [7, 11) is 0. The molecule has 20 heavy (non-hydrogen) atoms. The number of benzene rings is 1. The van der Waals surface area contributed by atoms with E-state index in [0.717, 1.165) is 0 Å². The first-order valence-electron chi connectivity index (χ1n) is 6.48. The molecule has 1 aromatic carbocycles. The van der Waals surface area contributed by atoms with Crippen molar-refractivity contribution in [3.63, 3.8) is 0 Å². The fourth-order valence-corrected chi connectivity index (χ4v) is 2.85. The fourth-order valence-electron chi connectivity index (χ4n) is 2.34. The monoisotopic (exact) mass is 343 g/mol. The van der Waals surface area contributed by atoms with Crippen LogP contribution in [0.4, 0.5) is 4.39 Å². The lowest BCUT2D eigenvalue weighted by atomic mass is 10.1. The highest BCUT2D eigenvalue weighted by molar-refractivity contribution is 9.10. The number of carbonyl (C=O) groups excluding carboxylic acids is 2. The summed E-state index contributed by atoms with van der Waals surface area (Å²) in [6.45, 7) is 2.41. The summed E-state index contributed by atoms with van der Waals surface area (Å²) in [5.41, 5.74) is -0.0382. The largest absolute Gasteiger partial charge is 0.464 e. The van der Waals surface area contributed by atoms with Gasteiger partial charge in [0.05, 0.1) is 12.2 Å². The molecule has 1 atom stereocenters. The average molecular weight is 344 g/mol. The molecule has 0 spiro atoms. The second-order valence-corrected chi connectivity index (χ2v) is 5.36. The van der Waals surface area contributed by atoms with Crippen LogP contribution in [0.25, 0.3) is 0 Å². The van der Waals surface area contributed by atoms with Crippen LogP contribution in [0.3, 0.4) is 0 Å². The van der Waals surface area contributed by atoms with Crippen molar-refractivity contribution < 1.29 is 18.7 Å². The molecule has 0 aromatic heterocycles. The van der Waals surface area contributed by atoms with E-state index in [4.69, 9.17) is 4.74 Å². The summed E-state index contributed by atoms with van der Waals surface area (Å²) in [6, 6.07) is 3.73. The van der Waals surface area contributed by atoms with E-state index in [1.165, 1.54) is 17.0 Å². The fraction of sp³-hybridized carbons (Fsp3) is 0.429. The van der Waals surface area contributed by atoms with Crippen molar-refractivity contribution in [3.8, 4) is 0 Å². The zero-order valence-electron chi connectivity index (χ0n) is 11.1. The number of esters is 1. The Labute approximate surface area is 125 Å². The Morgan fingerprint density at radius 3 is 2.90 bits per heavy atom. The lowest BCUT2D eigenvalue weighted by molar-refractivity contribution is -0.147. The third-order valence-electron chi connectivity index (χ3n) is 3.25. The van der Waals surface area contributed by atoms with Crippen molar-refractivity contribution in [2.75, 3.05) is 13.2 Å². The average Bonchev–Trinajstić information content (AvgIpc) is 2.87. The van der Waals surface area contributed by atoms with Gasteiger partial charge in [-0.3, -0.25) is 4.79 Å². The van der Waals surface area contributed by atoms with Gasteiger partial charge in [-0.25, -0.2) is 9.18 Å². The molecule has 1 heterocycles. The van der Waals surface area contributed by atoms with E-state index >= 15 is 0 Å². The Hall–Kier alpha value is -1.43. The van der Waals surface area contributed by atoms with E-state index in [2.05, 4.69) is 15.9 Å². The molecule has 1 saturated heterocycles. The smallest absolute Gasteiger partial charge is 0.328 e. The van der Waals surface area contributed by atoms with Gasteiger partial charge < -0.3 is 9.64 Å². The number of ether oxygens (including phenoxy) is 1. The predicted octanol–water partition coefficient (Wildman–Crippen LogP) is 2.76. The van der Waals surface area contributed by atoms with Crippen LogP contribution in [0.2, 0.25) is 0 Å². The van der Waals surface area contributed by atoms with Gasteiger partial charge in [0.25, 0.3) is 5.91 Å². The molecule has 4 nitrogen and oxygen atoms in total. The summed E-state index contributed by atoms with van der Waals surface area (Å²) in [4.78, 5) is 25.7. The van der Waals surface area contributed by atoms with Gasteiger partial charge >= 0.3 is 5.97 Å². The molecular formula is C14H15BrFNO3. The van der Waals surface area contributed by atoms with E-state index < -0.39 is 23.7 Å². The molecule has 1 fully saturated rings. The number of likely N-dealkylation sites (tertiary alicyclic amines) is 1. The summed E-state index contributed by atoms with van der Waals surface area (Å²) < 4.78 is 19.2. The summed E-state index contributed by atoms with van der Waals surface area (Å²) >= 11 is 3.18. The molecule has 0 bridgehead atoms. The number of carbonyl (C=O) groups is 2. The number of halogens is 2. The van der Waals surface area contributed by atoms with Crippen LogP contribution in [0.1, 0.15) is 30.1 Å². The maximum Gasteiger partial charge on any atom is 0.328 e. The lowest BCUT2D eigenvalue weighted by Gasteiger charge is -2.23. The molecule has 1 unspecified atom stereocenters. The molecule has 2 rings (SSSR count). The van der Waals surface area contributed by atoms with Gasteiger partial charge in [-0.2, -0.15) is 0 Å². The third kappa shape index (κ3) is 2.85. The molecular weight excluding hydrogens is 329 g/mol. The highest BCUT2D eigenvalue weighted by Crippen LogP contribution is 2.26. The summed E-state index contributed by atoms with van der Waals surface area (Å²) in [6.07, 6.45) is 1.26. The minimum atomic E-state index is -0.617. The molecule has 1 aliphatic heterocycles. The normalized spacial score (nSPS) is 18.1. The van der Waals surface area contributed by atoms with E-state index in [9.17, 15) is 14.0 Å². The van der Waals surface area contributed by atoms with Crippen molar-refractivity contribution in [2.45, 2.75) is 25.8 Å². The first-order chi connectivity index (χ1) is 9.56. The van der Waals surface area contributed by atoms with Crippen molar-refractivity contribution in [3.05, 3.63) is 34.1 Å². The number of rotatable bonds is 3. The number of hydrogen-bond acceptors (Lipinski definition) is 3. The maximum atomic E-state index is 13.8. The van der Waals surface area contributed by atoms with Crippen molar-refractivity contribution in [2.24, 2.45) is 0 Å². The lowest BCUT2D eigenvalue weighted by Crippen LogP contribution is -2.41. The first-order valence-corrected chi connectivity index (χ1v) is 7.27. The van der Waals surface area contributed by atoms with E-state index in [-0.39, 0.29) is 12.2 Å². The van der Waals surface area contributed by atoms with Crippen LogP contribution >= 0.6 is 15.9 Å². The molecule has 108 valence electrons. The van der Waals surface area contributed by atoms with Crippen LogP contribution in [-0.4, -0.2) is 36.0 Å². The topological polar surface area (TPSA) is 46.6 Å². The third-order valence-corrected chi connectivity index (χ3v) is 3.91. The summed E-state index contributed by atoms with van der Waals surface area (Å²) in [5, 5.41) is 0. The molecule has 1 amide bonds. The van der Waals surface area contributed by atoms with E-state index in [1.54, 1.807) is 13.0 Å². The molecule has 1 aromatic rings.